The van der Waals surface area contributed by atoms with Gasteiger partial charge < -0.3 is 14.6 Å². The molecular formula is C11H15N3O3. The van der Waals surface area contributed by atoms with Crippen molar-refractivity contribution in [1.29, 1.82) is 0 Å². The third kappa shape index (κ3) is 3.17. The van der Waals surface area contributed by atoms with E-state index in [4.69, 9.17) is 5.11 Å². The molecule has 0 spiro atoms. The molecule has 0 bridgehead atoms. The third-order valence-corrected chi connectivity index (χ3v) is 2.21. The van der Waals surface area contributed by atoms with Crippen molar-refractivity contribution in [3.05, 3.63) is 35.4 Å². The summed E-state index contributed by atoms with van der Waals surface area (Å²) in [6.45, 7) is 5.88. The van der Waals surface area contributed by atoms with Gasteiger partial charge in [-0.25, -0.2) is 4.98 Å². The van der Waals surface area contributed by atoms with Crippen molar-refractivity contribution in [3.8, 4) is 0 Å². The van der Waals surface area contributed by atoms with Gasteiger partial charge in [0.2, 0.25) is 0 Å². The number of aliphatic carboxylic acids is 1. The van der Waals surface area contributed by atoms with E-state index < -0.39 is 5.97 Å². The van der Waals surface area contributed by atoms with E-state index in [0.717, 1.165) is 0 Å². The zero-order valence-electron chi connectivity index (χ0n) is 9.67. The van der Waals surface area contributed by atoms with Crippen molar-refractivity contribution in [2.24, 2.45) is 0 Å². The number of anilines is 1. The van der Waals surface area contributed by atoms with E-state index in [9.17, 15) is 9.59 Å². The van der Waals surface area contributed by atoms with E-state index in [2.05, 4.69) is 11.6 Å². The van der Waals surface area contributed by atoms with Crippen molar-refractivity contribution >= 4 is 11.8 Å². The molecule has 0 aromatic carbocycles. The van der Waals surface area contributed by atoms with Crippen molar-refractivity contribution in [3.63, 3.8) is 0 Å². The van der Waals surface area contributed by atoms with Crippen LogP contribution < -0.4 is 10.5 Å². The normalized spacial score (nSPS) is 9.94. The van der Waals surface area contributed by atoms with Crippen LogP contribution in [0.25, 0.3) is 0 Å². The maximum absolute atomic E-state index is 11.9. The molecule has 17 heavy (non-hydrogen) atoms. The number of nitrogens with zero attached hydrogens (tertiary/aromatic N) is 3. The molecule has 0 unspecified atom stereocenters. The van der Waals surface area contributed by atoms with Gasteiger partial charge in [-0.3, -0.25) is 9.59 Å². The molecule has 0 atom stereocenters. The first-order valence-electron chi connectivity index (χ1n) is 5.23. The van der Waals surface area contributed by atoms with Gasteiger partial charge >= 0.3 is 5.97 Å². The van der Waals surface area contributed by atoms with Crippen LogP contribution in [0.3, 0.4) is 0 Å². The van der Waals surface area contributed by atoms with Crippen LogP contribution in [0.5, 0.6) is 0 Å². The Morgan fingerprint density at radius 2 is 2.41 bits per heavy atom. The van der Waals surface area contributed by atoms with Crippen LogP contribution in [0.2, 0.25) is 0 Å². The minimum absolute atomic E-state index is 0.136. The molecular weight excluding hydrogens is 222 g/mol. The Morgan fingerprint density at radius 1 is 1.71 bits per heavy atom. The molecule has 1 aromatic heterocycles. The summed E-state index contributed by atoms with van der Waals surface area (Å²) in [6.07, 6.45) is 4.59. The zero-order valence-corrected chi connectivity index (χ0v) is 9.67. The Bertz CT molecular complexity index is 467. The van der Waals surface area contributed by atoms with E-state index in [1.165, 1.54) is 21.7 Å². The Hall–Kier alpha value is -2.11. The quantitative estimate of drug-likeness (QED) is 0.722. The van der Waals surface area contributed by atoms with Crippen molar-refractivity contribution < 1.29 is 9.90 Å². The number of rotatable bonds is 6. The summed E-state index contributed by atoms with van der Waals surface area (Å²) >= 11 is 0. The van der Waals surface area contributed by atoms with Gasteiger partial charge in [-0.1, -0.05) is 6.08 Å². The zero-order chi connectivity index (χ0) is 12.8. The molecule has 0 saturated heterocycles. The molecule has 0 amide bonds. The van der Waals surface area contributed by atoms with Gasteiger partial charge in [-0.05, 0) is 6.92 Å². The standard InChI is InChI=1S/C11H15N3O3/c1-3-6-14(8-9(15)16)10-11(17)13(4-2)7-5-12-10/h3,5,7H,1,4,6,8H2,2H3,(H,15,16). The molecule has 0 radical (unpaired) electrons. The fraction of sp³-hybridized carbons (Fsp3) is 0.364. The minimum Gasteiger partial charge on any atom is -0.480 e. The Balaban J connectivity index is 3.13. The van der Waals surface area contributed by atoms with Crippen LogP contribution in [0.1, 0.15) is 6.92 Å². The van der Waals surface area contributed by atoms with E-state index >= 15 is 0 Å². The maximum Gasteiger partial charge on any atom is 0.323 e. The van der Waals surface area contributed by atoms with Crippen LogP contribution in [0.15, 0.2) is 29.8 Å². The first kappa shape index (κ1) is 13.0. The largest absolute Gasteiger partial charge is 0.480 e. The summed E-state index contributed by atoms with van der Waals surface area (Å²) in [5, 5.41) is 8.78. The minimum atomic E-state index is -1.01. The lowest BCUT2D eigenvalue weighted by atomic mass is 10.4. The van der Waals surface area contributed by atoms with Crippen LogP contribution in [-0.2, 0) is 11.3 Å². The van der Waals surface area contributed by atoms with Crippen LogP contribution in [-0.4, -0.2) is 33.7 Å². The van der Waals surface area contributed by atoms with Gasteiger partial charge in [0.05, 0.1) is 0 Å². The number of carbonyl (C=O) groups is 1. The molecule has 6 heteroatoms. The van der Waals surface area contributed by atoms with Gasteiger partial charge in [0.15, 0.2) is 5.82 Å². The van der Waals surface area contributed by atoms with Crippen LogP contribution in [0, 0.1) is 0 Å². The Kier molecular flexibility index (Phi) is 4.45. The van der Waals surface area contributed by atoms with E-state index in [0.29, 0.717) is 6.54 Å². The number of hydrogen-bond acceptors (Lipinski definition) is 4. The molecule has 0 aliphatic carbocycles. The highest BCUT2D eigenvalue weighted by Gasteiger charge is 2.14. The predicted octanol–water partition coefficient (Wildman–Crippen LogP) is 0.340. The summed E-state index contributed by atoms with van der Waals surface area (Å²) in [6, 6.07) is 0. The van der Waals surface area contributed by atoms with Gasteiger partial charge in [-0.2, -0.15) is 0 Å². The fourth-order valence-corrected chi connectivity index (χ4v) is 1.45. The molecule has 1 N–H and O–H groups in total. The average Bonchev–Trinajstić information content (AvgIpc) is 2.28. The SMILES string of the molecule is C=CCN(CC(=O)O)c1nccn(CC)c1=O. The third-order valence-electron chi connectivity index (χ3n) is 2.21. The fourth-order valence-electron chi connectivity index (χ4n) is 1.45. The highest BCUT2D eigenvalue weighted by atomic mass is 16.4. The molecule has 6 nitrogen and oxygen atoms in total. The molecule has 1 rings (SSSR count). The lowest BCUT2D eigenvalue weighted by Gasteiger charge is -2.19. The highest BCUT2D eigenvalue weighted by Crippen LogP contribution is 2.03. The first-order valence-corrected chi connectivity index (χ1v) is 5.23. The summed E-state index contributed by atoms with van der Waals surface area (Å²) in [5.74, 6) is -0.878. The van der Waals surface area contributed by atoms with Gasteiger partial charge in [0.25, 0.3) is 5.56 Å². The predicted molar refractivity (Wildman–Crippen MR) is 64.2 cm³/mol. The Morgan fingerprint density at radius 3 is 2.94 bits per heavy atom. The van der Waals surface area contributed by atoms with Crippen molar-refractivity contribution in [1.82, 2.24) is 9.55 Å². The molecule has 0 saturated carbocycles. The second-order valence-corrected chi connectivity index (χ2v) is 3.40. The van der Waals surface area contributed by atoms with E-state index in [1.54, 1.807) is 6.20 Å². The molecule has 92 valence electrons. The summed E-state index contributed by atoms with van der Waals surface area (Å²) < 4.78 is 1.47. The monoisotopic (exact) mass is 237 g/mol. The summed E-state index contributed by atoms with van der Waals surface area (Å²) in [5.41, 5.74) is -0.293. The van der Waals surface area contributed by atoms with Crippen LogP contribution in [0.4, 0.5) is 5.82 Å². The summed E-state index contributed by atoms with van der Waals surface area (Å²) in [7, 11) is 0. The Labute approximate surface area is 98.8 Å². The molecule has 0 aliphatic rings. The number of carboxylic acid groups (broad SMARTS) is 1. The van der Waals surface area contributed by atoms with Gasteiger partial charge in [0, 0.05) is 25.5 Å². The lowest BCUT2D eigenvalue weighted by Crippen LogP contribution is -2.36. The van der Waals surface area contributed by atoms with E-state index in [1.807, 2.05) is 6.92 Å². The lowest BCUT2D eigenvalue weighted by molar-refractivity contribution is -0.135. The highest BCUT2D eigenvalue weighted by molar-refractivity contribution is 5.73. The smallest absolute Gasteiger partial charge is 0.323 e. The van der Waals surface area contributed by atoms with Crippen molar-refractivity contribution in [2.75, 3.05) is 18.0 Å². The maximum atomic E-state index is 11.9. The van der Waals surface area contributed by atoms with Crippen LogP contribution >= 0.6 is 0 Å². The molecule has 1 heterocycles. The molecule has 1 aromatic rings. The number of hydrogen-bond donors (Lipinski definition) is 1. The van der Waals surface area contributed by atoms with E-state index in [-0.39, 0.29) is 24.5 Å². The average molecular weight is 237 g/mol. The number of aryl methyl sites for hydroxylation is 1. The second kappa shape index (κ2) is 5.83. The number of aromatic nitrogens is 2. The number of carboxylic acids is 1. The molecule has 0 fully saturated rings. The summed E-state index contributed by atoms with van der Waals surface area (Å²) in [4.78, 5) is 28.0. The van der Waals surface area contributed by atoms with Gasteiger partial charge in [0.1, 0.15) is 6.54 Å². The topological polar surface area (TPSA) is 75.4 Å². The first-order chi connectivity index (χ1) is 8.10. The van der Waals surface area contributed by atoms with Gasteiger partial charge in [-0.15, -0.1) is 6.58 Å². The van der Waals surface area contributed by atoms with Crippen molar-refractivity contribution in [2.45, 2.75) is 13.5 Å². The molecule has 0 aliphatic heterocycles. The second-order valence-electron chi connectivity index (χ2n) is 3.40.